The molecule has 0 aliphatic rings. The van der Waals surface area contributed by atoms with Crippen LogP contribution in [0.3, 0.4) is 0 Å². The monoisotopic (exact) mass is 369 g/mol. The number of thioether (sulfide) groups is 1. The molecule has 2 aromatic heterocycles. The number of nitrogens with zero attached hydrogens (tertiary/aromatic N) is 3. The number of carbonyl (C=O) groups excluding carboxylic acids is 2. The maximum atomic E-state index is 12.6. The Labute approximate surface area is 158 Å². The lowest BCUT2D eigenvalue weighted by molar-refractivity contribution is -0.116. The fraction of sp³-hybridized carbons (Fsp3) is 0.250. The molecular weight excluding hydrogens is 346 g/mol. The molecule has 0 radical (unpaired) electrons. The predicted molar refractivity (Wildman–Crippen MR) is 105 cm³/mol. The molecule has 136 valence electrons. The topological polar surface area (TPSA) is 54.7 Å². The molecule has 0 aliphatic heterocycles. The van der Waals surface area contributed by atoms with Crippen molar-refractivity contribution in [1.29, 1.82) is 0 Å². The van der Waals surface area contributed by atoms with Crippen molar-refractivity contribution >= 4 is 29.7 Å². The van der Waals surface area contributed by atoms with E-state index in [1.54, 1.807) is 23.9 Å². The number of hydrogen-bond acceptors (Lipinski definition) is 4. The zero-order valence-corrected chi connectivity index (χ0v) is 16.3. The molecule has 0 bridgehead atoms. The van der Waals surface area contributed by atoms with E-state index in [1.807, 2.05) is 68.1 Å². The molecule has 5 nitrogen and oxygen atoms in total. The summed E-state index contributed by atoms with van der Waals surface area (Å²) in [6.45, 7) is 6.07. The summed E-state index contributed by atoms with van der Waals surface area (Å²) in [5, 5.41) is 0.926. The Bertz CT molecular complexity index is 905. The van der Waals surface area contributed by atoms with E-state index >= 15 is 0 Å². The van der Waals surface area contributed by atoms with Crippen LogP contribution in [0, 0.1) is 6.92 Å². The van der Waals surface area contributed by atoms with E-state index in [1.165, 1.54) is 4.90 Å². The van der Waals surface area contributed by atoms with Crippen LogP contribution in [0.15, 0.2) is 53.8 Å². The highest BCUT2D eigenvalue weighted by atomic mass is 32.2. The van der Waals surface area contributed by atoms with Gasteiger partial charge in [-0.1, -0.05) is 32.0 Å². The van der Waals surface area contributed by atoms with E-state index in [4.69, 9.17) is 0 Å². The average Bonchev–Trinajstić information content (AvgIpc) is 3.09. The Hall–Kier alpha value is -2.60. The van der Waals surface area contributed by atoms with Crippen molar-refractivity contribution in [3.05, 3.63) is 65.5 Å². The summed E-state index contributed by atoms with van der Waals surface area (Å²) in [6, 6.07) is 11.1. The van der Waals surface area contributed by atoms with Gasteiger partial charge in [-0.25, -0.2) is 4.98 Å². The summed E-state index contributed by atoms with van der Waals surface area (Å²) in [4.78, 5) is 29.7. The van der Waals surface area contributed by atoms with Gasteiger partial charge in [-0.15, -0.1) is 11.8 Å². The molecule has 26 heavy (non-hydrogen) atoms. The maximum absolute atomic E-state index is 12.6. The highest BCUT2D eigenvalue weighted by Gasteiger charge is 2.18. The molecule has 0 saturated carbocycles. The molecule has 0 spiro atoms. The first kappa shape index (κ1) is 19.7. The van der Waals surface area contributed by atoms with Crippen LogP contribution in [0.5, 0.6) is 0 Å². The summed E-state index contributed by atoms with van der Waals surface area (Å²) in [5.41, 5.74) is 3.04. The molecule has 2 amide bonds. The van der Waals surface area contributed by atoms with E-state index in [0.29, 0.717) is 12.0 Å². The molecule has 3 rings (SSSR count). The van der Waals surface area contributed by atoms with Crippen LogP contribution in [0.25, 0.3) is 5.65 Å². The summed E-state index contributed by atoms with van der Waals surface area (Å²) in [7, 11) is 0. The van der Waals surface area contributed by atoms with Gasteiger partial charge in [0.15, 0.2) is 0 Å². The largest absolute Gasteiger partial charge is 0.308 e. The lowest BCUT2D eigenvalue weighted by Crippen LogP contribution is -2.29. The van der Waals surface area contributed by atoms with Crippen LogP contribution in [0.4, 0.5) is 0 Å². The number of aromatic nitrogens is 2. The van der Waals surface area contributed by atoms with E-state index in [9.17, 15) is 9.59 Å². The van der Waals surface area contributed by atoms with Crippen molar-refractivity contribution in [2.45, 2.75) is 32.3 Å². The number of fused-ring (bicyclic) bond motifs is 1. The molecule has 0 aliphatic carbocycles. The second kappa shape index (κ2) is 9.20. The minimum atomic E-state index is -0.295. The number of benzene rings is 1. The normalized spacial score (nSPS) is 10.2. The fourth-order valence-electron chi connectivity index (χ4n) is 2.55. The molecule has 0 atom stereocenters. The standard InChI is InChI=1S/C18H17N3O2S.C2H6/c1-13-5-3-4-6-15(13)18(23)21(12-22)11-14-9-16-19-17(24-2)7-8-20(16)10-14;1-2/h3-10,12H,11H2,1-2H3;1-2H3. The van der Waals surface area contributed by atoms with Gasteiger partial charge >= 0.3 is 0 Å². The quantitative estimate of drug-likeness (QED) is 0.384. The third-order valence-electron chi connectivity index (χ3n) is 3.81. The first-order valence-corrected chi connectivity index (χ1v) is 9.68. The molecule has 2 heterocycles. The Balaban J connectivity index is 0.00000117. The van der Waals surface area contributed by atoms with Gasteiger partial charge in [0.1, 0.15) is 5.65 Å². The number of hydrogen-bond donors (Lipinski definition) is 0. The van der Waals surface area contributed by atoms with Gasteiger partial charge in [-0.2, -0.15) is 0 Å². The van der Waals surface area contributed by atoms with Gasteiger partial charge in [0.25, 0.3) is 5.91 Å². The first-order valence-electron chi connectivity index (χ1n) is 8.46. The molecule has 0 fully saturated rings. The molecule has 3 aromatic rings. The second-order valence-corrected chi connectivity index (χ2v) is 6.26. The molecule has 0 unspecified atom stereocenters. The lowest BCUT2D eigenvalue weighted by atomic mass is 10.1. The highest BCUT2D eigenvalue weighted by Crippen LogP contribution is 2.17. The highest BCUT2D eigenvalue weighted by molar-refractivity contribution is 7.98. The number of carbonyl (C=O) groups is 2. The number of imide groups is 1. The SMILES string of the molecule is CC.CSc1ccn2cc(CN(C=O)C(=O)c3ccccc3C)cc2n1. The number of amides is 2. The third kappa shape index (κ3) is 4.32. The second-order valence-electron chi connectivity index (χ2n) is 5.44. The van der Waals surface area contributed by atoms with E-state index in [-0.39, 0.29) is 12.5 Å². The predicted octanol–water partition coefficient (Wildman–Crippen LogP) is 4.19. The third-order valence-corrected chi connectivity index (χ3v) is 4.46. The Morgan fingerprint density at radius 2 is 2.00 bits per heavy atom. The van der Waals surface area contributed by atoms with Crippen molar-refractivity contribution in [2.75, 3.05) is 6.26 Å². The van der Waals surface area contributed by atoms with Crippen molar-refractivity contribution in [1.82, 2.24) is 14.3 Å². The molecule has 1 aromatic carbocycles. The number of rotatable bonds is 5. The van der Waals surface area contributed by atoms with Crippen LogP contribution < -0.4 is 0 Å². The van der Waals surface area contributed by atoms with Gasteiger partial charge in [-0.3, -0.25) is 14.5 Å². The minimum Gasteiger partial charge on any atom is -0.308 e. The summed E-state index contributed by atoms with van der Waals surface area (Å²) in [6.07, 6.45) is 6.36. The zero-order chi connectivity index (χ0) is 19.1. The van der Waals surface area contributed by atoms with Crippen LogP contribution in [-0.2, 0) is 11.3 Å². The molecule has 0 saturated heterocycles. The smallest absolute Gasteiger partial charge is 0.260 e. The van der Waals surface area contributed by atoms with E-state index in [2.05, 4.69) is 4.98 Å². The van der Waals surface area contributed by atoms with E-state index in [0.717, 1.165) is 21.8 Å². The van der Waals surface area contributed by atoms with Gasteiger partial charge in [0.05, 0.1) is 11.6 Å². The summed E-state index contributed by atoms with van der Waals surface area (Å²) >= 11 is 1.57. The van der Waals surface area contributed by atoms with Gasteiger partial charge in [-0.05, 0) is 42.5 Å². The van der Waals surface area contributed by atoms with Gasteiger partial charge < -0.3 is 4.40 Å². The number of aryl methyl sites for hydroxylation is 1. The minimum absolute atomic E-state index is 0.217. The molecular formula is C20H23N3O2S. The summed E-state index contributed by atoms with van der Waals surface area (Å²) in [5.74, 6) is -0.295. The summed E-state index contributed by atoms with van der Waals surface area (Å²) < 4.78 is 1.89. The van der Waals surface area contributed by atoms with Crippen molar-refractivity contribution in [2.24, 2.45) is 0 Å². The Morgan fingerprint density at radius 1 is 1.27 bits per heavy atom. The van der Waals surface area contributed by atoms with Crippen molar-refractivity contribution in [3.63, 3.8) is 0 Å². The molecule has 6 heteroatoms. The van der Waals surface area contributed by atoms with Gasteiger partial charge in [0.2, 0.25) is 6.41 Å². The first-order chi connectivity index (χ1) is 12.6. The zero-order valence-electron chi connectivity index (χ0n) is 15.5. The maximum Gasteiger partial charge on any atom is 0.260 e. The Kier molecular flexibility index (Phi) is 6.97. The average molecular weight is 369 g/mol. The molecule has 0 N–H and O–H groups in total. The fourth-order valence-corrected chi connectivity index (χ4v) is 2.93. The Morgan fingerprint density at radius 3 is 2.65 bits per heavy atom. The van der Waals surface area contributed by atoms with Crippen molar-refractivity contribution in [3.8, 4) is 0 Å². The van der Waals surface area contributed by atoms with Crippen LogP contribution in [0.1, 0.15) is 35.3 Å². The lowest BCUT2D eigenvalue weighted by Gasteiger charge is -2.15. The van der Waals surface area contributed by atoms with E-state index < -0.39 is 0 Å². The van der Waals surface area contributed by atoms with Gasteiger partial charge in [0, 0.05) is 18.0 Å². The van der Waals surface area contributed by atoms with Crippen LogP contribution in [0.2, 0.25) is 0 Å². The van der Waals surface area contributed by atoms with Crippen LogP contribution >= 0.6 is 11.8 Å². The van der Waals surface area contributed by atoms with Crippen molar-refractivity contribution < 1.29 is 9.59 Å². The van der Waals surface area contributed by atoms with Crippen LogP contribution in [-0.4, -0.2) is 32.9 Å².